The molecule has 0 fully saturated rings. The maximum atomic E-state index is 6.39. The second-order valence-electron chi connectivity index (χ2n) is 15.9. The van der Waals surface area contributed by atoms with Crippen molar-refractivity contribution in [3.8, 4) is 22.3 Å². The standard InChI is InChI=1S/C27H22ClN.C15H14ClN.C12H9Br.V/c1-27(2)23-10-6-7-11-25(23)29(26-17-14-21(28)18-24(26)27)22-15-12-20(13-16-22)19-8-4-3-5-9-19;1-15(2)11-5-3-4-6-13(11)17-14-8-7-10(16)9-12(14)15;13-12-8-6-11(7-9-12)10-4-2-1-3-5-10;/h3-18H,1-2H3;3-9,17H,1-2H3;1-9H;. The van der Waals surface area contributed by atoms with Crippen molar-refractivity contribution in [3.05, 3.63) is 231 Å². The number of para-hydroxylation sites is 2. The van der Waals surface area contributed by atoms with Crippen LogP contribution in [0.3, 0.4) is 0 Å². The van der Waals surface area contributed by atoms with Crippen LogP contribution in [0.1, 0.15) is 49.9 Å². The van der Waals surface area contributed by atoms with Crippen LogP contribution in [-0.2, 0) is 29.4 Å². The topological polar surface area (TPSA) is 15.3 Å². The Labute approximate surface area is 385 Å². The van der Waals surface area contributed by atoms with E-state index < -0.39 is 0 Å². The molecule has 2 heterocycles. The number of nitrogens with one attached hydrogen (secondary N) is 1. The SMILES string of the molecule is Brc1ccc(-c2ccccc2)cc1.CC1(C)c2ccccc2N(c2ccc(-c3ccccc3)cc2)c2ccc(Cl)cc21.CC1(C)c2ccccc2Nc2ccc(Cl)cc21.[V]. The van der Waals surface area contributed by atoms with E-state index >= 15 is 0 Å². The smallest absolute Gasteiger partial charge is 0.0503 e. The molecule has 1 N–H and O–H groups in total. The summed E-state index contributed by atoms with van der Waals surface area (Å²) in [6.07, 6.45) is 0. The van der Waals surface area contributed by atoms with Crippen molar-refractivity contribution in [1.82, 2.24) is 0 Å². The summed E-state index contributed by atoms with van der Waals surface area (Å²) < 4.78 is 1.12. The van der Waals surface area contributed by atoms with E-state index in [0.29, 0.717) is 0 Å². The van der Waals surface area contributed by atoms with Gasteiger partial charge in [0.2, 0.25) is 0 Å². The van der Waals surface area contributed by atoms with Crippen molar-refractivity contribution >= 4 is 67.6 Å². The Kier molecular flexibility index (Phi) is 13.2. The van der Waals surface area contributed by atoms with E-state index in [1.54, 1.807) is 0 Å². The largest absolute Gasteiger partial charge is 0.355 e. The second kappa shape index (κ2) is 18.3. The van der Waals surface area contributed by atoms with Gasteiger partial charge in [-0.3, -0.25) is 0 Å². The number of halogens is 3. The first kappa shape index (κ1) is 43.1. The number of anilines is 5. The zero-order valence-corrected chi connectivity index (χ0v) is 38.5. The number of nitrogens with zero attached hydrogens (tertiary/aromatic N) is 1. The minimum Gasteiger partial charge on any atom is -0.355 e. The van der Waals surface area contributed by atoms with Crippen LogP contribution in [-0.4, -0.2) is 0 Å². The Morgan fingerprint density at radius 3 is 1.47 bits per heavy atom. The van der Waals surface area contributed by atoms with Crippen LogP contribution in [0.2, 0.25) is 10.0 Å². The number of rotatable bonds is 3. The van der Waals surface area contributed by atoms with Gasteiger partial charge in [-0.2, -0.15) is 0 Å². The maximum Gasteiger partial charge on any atom is 0.0503 e. The molecule has 0 unspecified atom stereocenters. The summed E-state index contributed by atoms with van der Waals surface area (Å²) in [6.45, 7) is 9.03. The Balaban J connectivity index is 0.000000149. The summed E-state index contributed by atoms with van der Waals surface area (Å²) in [6, 6.07) is 67.4. The second-order valence-corrected chi connectivity index (χ2v) is 17.7. The molecule has 2 aliphatic heterocycles. The molecule has 8 aromatic rings. The summed E-state index contributed by atoms with van der Waals surface area (Å²) >= 11 is 15.9. The minimum absolute atomic E-state index is 0. The third-order valence-electron chi connectivity index (χ3n) is 11.4. The molecule has 0 saturated heterocycles. The third-order valence-corrected chi connectivity index (χ3v) is 12.4. The van der Waals surface area contributed by atoms with Crippen molar-refractivity contribution < 1.29 is 18.6 Å². The molecule has 0 spiro atoms. The van der Waals surface area contributed by atoms with E-state index in [1.165, 1.54) is 61.6 Å². The summed E-state index contributed by atoms with van der Waals surface area (Å²) in [5.41, 5.74) is 15.9. The van der Waals surface area contributed by atoms with Gasteiger partial charge in [-0.15, -0.1) is 0 Å². The van der Waals surface area contributed by atoms with Crippen molar-refractivity contribution in [2.24, 2.45) is 0 Å². The Bertz CT molecular complexity index is 2720. The van der Waals surface area contributed by atoms with E-state index in [2.05, 4.69) is 224 Å². The van der Waals surface area contributed by atoms with Gasteiger partial charge < -0.3 is 10.2 Å². The zero-order chi connectivity index (χ0) is 41.1. The van der Waals surface area contributed by atoms with Crippen molar-refractivity contribution in [1.29, 1.82) is 0 Å². The molecule has 0 aliphatic carbocycles. The van der Waals surface area contributed by atoms with Crippen LogP contribution >= 0.6 is 39.1 Å². The van der Waals surface area contributed by atoms with Crippen LogP contribution in [0.4, 0.5) is 28.4 Å². The molecular formula is C54H45BrCl2N2V. The minimum atomic E-state index is -0.114. The number of hydrogen-bond donors (Lipinski definition) is 1. The molecule has 1 radical (unpaired) electrons. The van der Waals surface area contributed by atoms with Crippen molar-refractivity contribution in [2.45, 2.75) is 38.5 Å². The van der Waals surface area contributed by atoms with Gasteiger partial charge >= 0.3 is 0 Å². The zero-order valence-electron chi connectivity index (χ0n) is 34.0. The van der Waals surface area contributed by atoms with Crippen LogP contribution in [0.15, 0.2) is 199 Å². The van der Waals surface area contributed by atoms with E-state index in [1.807, 2.05) is 24.3 Å². The Morgan fingerprint density at radius 2 is 0.850 bits per heavy atom. The van der Waals surface area contributed by atoms with Crippen molar-refractivity contribution in [2.75, 3.05) is 10.2 Å². The van der Waals surface area contributed by atoms with Gasteiger partial charge in [0.1, 0.15) is 0 Å². The number of benzene rings is 8. The summed E-state index contributed by atoms with van der Waals surface area (Å²) in [7, 11) is 0. The first-order chi connectivity index (χ1) is 28.5. The van der Waals surface area contributed by atoms with E-state index in [0.717, 1.165) is 25.9 Å². The molecule has 0 amide bonds. The van der Waals surface area contributed by atoms with Gasteiger partial charge in [-0.1, -0.05) is 188 Å². The first-order valence-electron chi connectivity index (χ1n) is 19.8. The fraction of sp³-hybridized carbons (Fsp3) is 0.111. The number of fused-ring (bicyclic) bond motifs is 4. The molecular weight excluding hydrogens is 878 g/mol. The molecule has 0 atom stereocenters. The van der Waals surface area contributed by atoms with Gasteiger partial charge in [0.25, 0.3) is 0 Å². The molecule has 10 rings (SSSR count). The van der Waals surface area contributed by atoms with Gasteiger partial charge in [0, 0.05) is 61.0 Å². The average molecular weight is 924 g/mol. The summed E-state index contributed by atoms with van der Waals surface area (Å²) in [5.74, 6) is 0. The van der Waals surface area contributed by atoms with Crippen LogP contribution in [0, 0.1) is 0 Å². The maximum absolute atomic E-state index is 6.39. The molecule has 297 valence electrons. The predicted molar refractivity (Wildman–Crippen MR) is 257 cm³/mol. The van der Waals surface area contributed by atoms with Gasteiger partial charge in [-0.25, -0.2) is 0 Å². The molecule has 60 heavy (non-hydrogen) atoms. The third kappa shape index (κ3) is 8.89. The van der Waals surface area contributed by atoms with Crippen LogP contribution in [0.25, 0.3) is 22.3 Å². The molecule has 2 nitrogen and oxygen atoms in total. The van der Waals surface area contributed by atoms with Gasteiger partial charge in [0.05, 0.1) is 11.4 Å². The summed E-state index contributed by atoms with van der Waals surface area (Å²) in [5, 5.41) is 5.03. The van der Waals surface area contributed by atoms with E-state index in [9.17, 15) is 0 Å². The van der Waals surface area contributed by atoms with Crippen LogP contribution in [0.5, 0.6) is 0 Å². The monoisotopic (exact) mass is 921 g/mol. The molecule has 0 bridgehead atoms. The van der Waals surface area contributed by atoms with Crippen molar-refractivity contribution in [3.63, 3.8) is 0 Å². The normalized spacial score (nSPS) is 13.5. The fourth-order valence-corrected chi connectivity index (χ4v) is 8.84. The molecule has 6 heteroatoms. The fourth-order valence-electron chi connectivity index (χ4n) is 8.23. The molecule has 0 saturated carbocycles. The average Bonchev–Trinajstić information content (AvgIpc) is 3.26. The molecule has 0 aromatic heterocycles. The Morgan fingerprint density at radius 1 is 0.417 bits per heavy atom. The Hall–Kier alpha value is -5.00. The molecule has 8 aromatic carbocycles. The van der Waals surface area contributed by atoms with Gasteiger partial charge in [-0.05, 0) is 117 Å². The first-order valence-corrected chi connectivity index (χ1v) is 21.4. The van der Waals surface area contributed by atoms with E-state index in [-0.39, 0.29) is 29.4 Å². The summed E-state index contributed by atoms with van der Waals surface area (Å²) in [4.78, 5) is 2.35. The predicted octanol–water partition coefficient (Wildman–Crippen LogP) is 17.0. The number of hydrogen-bond acceptors (Lipinski definition) is 2. The van der Waals surface area contributed by atoms with E-state index in [4.69, 9.17) is 23.2 Å². The van der Waals surface area contributed by atoms with Gasteiger partial charge in [0.15, 0.2) is 0 Å². The molecule has 2 aliphatic rings. The van der Waals surface area contributed by atoms with Crippen LogP contribution < -0.4 is 10.2 Å². The quantitative estimate of drug-likeness (QED) is 0.190.